The molecule has 0 aliphatic carbocycles. The van der Waals surface area contributed by atoms with E-state index in [9.17, 15) is 26.0 Å². The highest BCUT2D eigenvalue weighted by Gasteiger charge is 2.26. The largest absolute Gasteiger partial charge is 0.389 e. The second-order valence-electron chi connectivity index (χ2n) is 8.89. The zero-order chi connectivity index (χ0) is 24.1. The van der Waals surface area contributed by atoms with Crippen LogP contribution in [0.2, 0.25) is 0 Å². The van der Waals surface area contributed by atoms with E-state index in [-0.39, 0.29) is 19.4 Å². The SMILES string of the molecule is CCCCCCCCCCCCCCOS(=O)(=O)C(F)CCCCCCCCC(F)(F)F. The van der Waals surface area contributed by atoms with Crippen LogP contribution in [0.5, 0.6) is 0 Å². The molecule has 0 aliphatic heterocycles. The molecular weight excluding hydrogens is 444 g/mol. The van der Waals surface area contributed by atoms with Crippen LogP contribution in [0.25, 0.3) is 0 Å². The van der Waals surface area contributed by atoms with E-state index < -0.39 is 28.2 Å². The maximum atomic E-state index is 14.0. The molecule has 0 aliphatic rings. The molecule has 0 aromatic carbocycles. The Bertz CT molecular complexity index is 510. The van der Waals surface area contributed by atoms with Crippen molar-refractivity contribution in [1.82, 2.24) is 0 Å². The molecule has 0 rings (SSSR count). The topological polar surface area (TPSA) is 43.4 Å². The monoisotopic (exact) mass is 490 g/mol. The van der Waals surface area contributed by atoms with Crippen LogP contribution >= 0.6 is 0 Å². The smallest absolute Gasteiger partial charge is 0.268 e. The van der Waals surface area contributed by atoms with Crippen molar-refractivity contribution in [1.29, 1.82) is 0 Å². The summed E-state index contributed by atoms with van der Waals surface area (Å²) in [4.78, 5) is 0. The van der Waals surface area contributed by atoms with Gasteiger partial charge in [-0.25, -0.2) is 4.39 Å². The molecule has 0 saturated carbocycles. The Kier molecular flexibility index (Phi) is 19.8. The predicted molar refractivity (Wildman–Crippen MR) is 124 cm³/mol. The summed E-state index contributed by atoms with van der Waals surface area (Å²) in [6.45, 7) is 2.25. The normalized spacial score (nSPS) is 13.5. The van der Waals surface area contributed by atoms with Crippen LogP contribution in [0.4, 0.5) is 17.6 Å². The molecule has 0 saturated heterocycles. The lowest BCUT2D eigenvalue weighted by Crippen LogP contribution is -2.19. The van der Waals surface area contributed by atoms with E-state index >= 15 is 0 Å². The average Bonchev–Trinajstić information content (AvgIpc) is 2.72. The van der Waals surface area contributed by atoms with E-state index in [1.54, 1.807) is 0 Å². The van der Waals surface area contributed by atoms with Crippen molar-refractivity contribution in [2.75, 3.05) is 6.61 Å². The zero-order valence-electron chi connectivity index (χ0n) is 20.1. The van der Waals surface area contributed by atoms with Gasteiger partial charge in [0.1, 0.15) is 0 Å². The van der Waals surface area contributed by atoms with Gasteiger partial charge in [0.15, 0.2) is 0 Å². The molecule has 0 fully saturated rings. The fourth-order valence-corrected chi connectivity index (χ4v) is 4.63. The van der Waals surface area contributed by atoms with Gasteiger partial charge in [-0.05, 0) is 25.7 Å². The molecule has 1 unspecified atom stereocenters. The van der Waals surface area contributed by atoms with Crippen molar-refractivity contribution in [2.45, 2.75) is 147 Å². The van der Waals surface area contributed by atoms with E-state index in [2.05, 4.69) is 6.92 Å². The minimum atomic E-state index is -4.18. The number of halogens is 4. The third kappa shape index (κ3) is 21.5. The molecule has 0 radical (unpaired) electrons. The standard InChI is InChI=1S/C24H46F4O3S/c1-2-3-4-5-6-7-8-9-10-13-16-19-22-31-32(29,30)23(25)20-17-14-11-12-15-18-21-24(26,27)28/h23H,2-22H2,1H3. The number of hydrogen-bond acceptors (Lipinski definition) is 3. The molecular formula is C24H46F4O3S. The molecule has 32 heavy (non-hydrogen) atoms. The number of rotatable bonds is 23. The Morgan fingerprint density at radius 2 is 1.06 bits per heavy atom. The van der Waals surface area contributed by atoms with Crippen molar-refractivity contribution in [2.24, 2.45) is 0 Å². The fourth-order valence-electron chi connectivity index (χ4n) is 3.67. The van der Waals surface area contributed by atoms with E-state index in [1.165, 1.54) is 51.4 Å². The molecule has 0 heterocycles. The number of alkyl halides is 4. The second-order valence-corrected chi connectivity index (χ2v) is 10.6. The number of hydrogen-bond donors (Lipinski definition) is 0. The first kappa shape index (κ1) is 31.6. The first-order valence-corrected chi connectivity index (χ1v) is 14.2. The van der Waals surface area contributed by atoms with Crippen LogP contribution in [-0.2, 0) is 14.3 Å². The van der Waals surface area contributed by atoms with E-state index in [4.69, 9.17) is 4.18 Å². The van der Waals surface area contributed by atoms with Crippen molar-refractivity contribution >= 4 is 10.1 Å². The summed E-state index contributed by atoms with van der Waals surface area (Å²) in [5.41, 5.74) is -2.02. The molecule has 1 atom stereocenters. The maximum absolute atomic E-state index is 14.0. The molecule has 0 amide bonds. The Labute approximate surface area is 194 Å². The Morgan fingerprint density at radius 1 is 0.656 bits per heavy atom. The highest BCUT2D eigenvalue weighted by molar-refractivity contribution is 7.87. The van der Waals surface area contributed by atoms with Gasteiger partial charge in [0, 0.05) is 6.42 Å². The first-order valence-electron chi connectivity index (χ1n) is 12.8. The summed E-state index contributed by atoms with van der Waals surface area (Å²) in [6, 6.07) is 0. The van der Waals surface area contributed by atoms with Crippen molar-refractivity contribution in [3.63, 3.8) is 0 Å². The quantitative estimate of drug-likeness (QED) is 0.0815. The molecule has 0 N–H and O–H groups in total. The third-order valence-electron chi connectivity index (χ3n) is 5.70. The van der Waals surface area contributed by atoms with Gasteiger partial charge in [-0.15, -0.1) is 0 Å². The lowest BCUT2D eigenvalue weighted by Gasteiger charge is -2.10. The van der Waals surface area contributed by atoms with Crippen molar-refractivity contribution < 1.29 is 30.2 Å². The minimum Gasteiger partial charge on any atom is -0.268 e. The minimum absolute atomic E-state index is 0.0272. The lowest BCUT2D eigenvalue weighted by molar-refractivity contribution is -0.135. The molecule has 0 aromatic rings. The van der Waals surface area contributed by atoms with E-state index in [0.29, 0.717) is 38.5 Å². The van der Waals surface area contributed by atoms with Crippen LogP contribution in [0.3, 0.4) is 0 Å². The predicted octanol–water partition coefficient (Wildman–Crippen LogP) is 9.01. The molecule has 0 aromatic heterocycles. The third-order valence-corrected chi connectivity index (χ3v) is 7.06. The molecule has 194 valence electrons. The van der Waals surface area contributed by atoms with Gasteiger partial charge in [0.05, 0.1) is 6.61 Å². The fraction of sp³-hybridized carbons (Fsp3) is 1.00. The molecule has 0 bridgehead atoms. The molecule has 3 nitrogen and oxygen atoms in total. The Hall–Kier alpha value is -0.370. The zero-order valence-corrected chi connectivity index (χ0v) is 20.9. The van der Waals surface area contributed by atoms with Gasteiger partial charge in [0.25, 0.3) is 10.1 Å². The lowest BCUT2D eigenvalue weighted by atomic mass is 10.1. The van der Waals surface area contributed by atoms with Gasteiger partial charge in [-0.1, -0.05) is 103 Å². The first-order chi connectivity index (χ1) is 15.2. The van der Waals surface area contributed by atoms with Gasteiger partial charge in [-0.3, -0.25) is 4.18 Å². The number of unbranched alkanes of at least 4 members (excludes halogenated alkanes) is 16. The summed E-state index contributed by atoms with van der Waals surface area (Å²) in [6.07, 6.45) is 12.0. The summed E-state index contributed by atoms with van der Waals surface area (Å²) < 4.78 is 78.5. The van der Waals surface area contributed by atoms with Gasteiger partial charge >= 0.3 is 6.18 Å². The summed E-state index contributed by atoms with van der Waals surface area (Å²) in [7, 11) is -4.18. The Balaban J connectivity index is 3.53. The van der Waals surface area contributed by atoms with Crippen molar-refractivity contribution in [3.8, 4) is 0 Å². The maximum Gasteiger partial charge on any atom is 0.389 e. The van der Waals surface area contributed by atoms with Gasteiger partial charge in [-0.2, -0.15) is 21.6 Å². The summed E-state index contributed by atoms with van der Waals surface area (Å²) >= 11 is 0. The second kappa shape index (κ2) is 20.0. The van der Waals surface area contributed by atoms with Gasteiger partial charge in [0.2, 0.25) is 5.50 Å². The van der Waals surface area contributed by atoms with Crippen LogP contribution in [-0.4, -0.2) is 26.7 Å². The van der Waals surface area contributed by atoms with Crippen LogP contribution < -0.4 is 0 Å². The molecule has 8 heteroatoms. The summed E-state index contributed by atoms with van der Waals surface area (Å²) in [5.74, 6) is 0. The van der Waals surface area contributed by atoms with Crippen LogP contribution in [0.1, 0.15) is 135 Å². The molecule has 0 spiro atoms. The summed E-state index contributed by atoms with van der Waals surface area (Å²) in [5, 5.41) is 0. The average molecular weight is 491 g/mol. The van der Waals surface area contributed by atoms with Crippen LogP contribution in [0, 0.1) is 0 Å². The highest BCUT2D eigenvalue weighted by Crippen LogP contribution is 2.23. The van der Waals surface area contributed by atoms with Crippen molar-refractivity contribution in [3.05, 3.63) is 0 Å². The Morgan fingerprint density at radius 3 is 1.53 bits per heavy atom. The van der Waals surface area contributed by atoms with Gasteiger partial charge < -0.3 is 0 Å². The van der Waals surface area contributed by atoms with E-state index in [1.807, 2.05) is 0 Å². The van der Waals surface area contributed by atoms with E-state index in [0.717, 1.165) is 19.3 Å². The van der Waals surface area contributed by atoms with Crippen LogP contribution in [0.15, 0.2) is 0 Å². The highest BCUT2D eigenvalue weighted by atomic mass is 32.2.